The van der Waals surface area contributed by atoms with Gasteiger partial charge in [-0.1, -0.05) is 0 Å². The van der Waals surface area contributed by atoms with E-state index in [-0.39, 0.29) is 11.8 Å². The molecule has 2 aromatic carbocycles. The molecule has 0 aliphatic carbocycles. The minimum absolute atomic E-state index is 0.126. The Hall–Kier alpha value is -5.39. The Morgan fingerprint density at radius 1 is 0.725 bits per heavy atom. The first-order valence-electron chi connectivity index (χ1n) is 12.6. The Morgan fingerprint density at radius 2 is 1.25 bits per heavy atom. The normalized spacial score (nSPS) is 12.2. The predicted molar refractivity (Wildman–Crippen MR) is 150 cm³/mol. The molecule has 0 aliphatic heterocycles. The lowest BCUT2D eigenvalue weighted by Crippen LogP contribution is -2.09. The molecule has 0 radical (unpaired) electrons. The molecular weight excluding hydrogens is 508 g/mol. The van der Waals surface area contributed by atoms with Gasteiger partial charge in [0.2, 0.25) is 11.8 Å². The average Bonchev–Trinajstić information content (AvgIpc) is 3.62. The molecule has 200 valence electrons. The summed E-state index contributed by atoms with van der Waals surface area (Å²) in [4.78, 5) is 32.3. The first-order valence-corrected chi connectivity index (χ1v) is 12.6. The summed E-state index contributed by atoms with van der Waals surface area (Å²) in [6.07, 6.45) is 0. The van der Waals surface area contributed by atoms with Crippen molar-refractivity contribution in [3.8, 4) is 22.8 Å². The quantitative estimate of drug-likeness (QED) is 0.307. The average molecular weight is 535 g/mol. The number of benzene rings is 2. The summed E-state index contributed by atoms with van der Waals surface area (Å²) in [6.45, 7) is 8.88. The van der Waals surface area contributed by atoms with Gasteiger partial charge in [0.25, 0.3) is 0 Å². The highest BCUT2D eigenvalue weighted by molar-refractivity contribution is 5.89. The molecule has 0 unspecified atom stereocenters. The number of nitrogens with zero attached hydrogens (tertiary/aromatic N) is 7. The second-order valence-electron chi connectivity index (χ2n) is 9.63. The Balaban J connectivity index is 1.41. The number of aryl methyl sites for hydroxylation is 2. The van der Waals surface area contributed by atoms with Crippen LogP contribution in [0, 0.1) is 13.8 Å². The van der Waals surface area contributed by atoms with E-state index >= 15 is 0 Å². The summed E-state index contributed by atoms with van der Waals surface area (Å²) >= 11 is 0. The standard InChI is InChI=1S/C28H26N10O2/c1-14(23-15(2)33-37-27(23)31-25(35-37)19-6-10-21(11-7-19)29-17(4)39)24-16(3)34-38-28(24)32-26(36-38)20-8-12-22(13-9-20)30-18(5)40/h6-13,33H,1-5H3,(H,29,39)(H,30,40). The first kappa shape index (κ1) is 24.9. The molecule has 6 aromatic rings. The van der Waals surface area contributed by atoms with Crippen molar-refractivity contribution in [2.45, 2.75) is 34.6 Å². The van der Waals surface area contributed by atoms with Crippen LogP contribution in [0.25, 0.3) is 39.6 Å². The molecule has 0 spiro atoms. The Morgan fingerprint density at radius 3 is 1.80 bits per heavy atom. The summed E-state index contributed by atoms with van der Waals surface area (Å²) in [5.41, 5.74) is 7.95. The fourth-order valence-corrected chi connectivity index (χ4v) is 4.89. The van der Waals surface area contributed by atoms with Gasteiger partial charge in [-0.3, -0.25) is 14.7 Å². The maximum Gasteiger partial charge on any atom is 0.221 e. The van der Waals surface area contributed by atoms with E-state index in [0.29, 0.717) is 34.3 Å². The molecule has 0 saturated carbocycles. The zero-order valence-corrected chi connectivity index (χ0v) is 22.6. The summed E-state index contributed by atoms with van der Waals surface area (Å²) in [6, 6.07) is 14.7. The third-order valence-corrected chi connectivity index (χ3v) is 6.58. The Kier molecular flexibility index (Phi) is 5.87. The minimum atomic E-state index is -0.129. The number of H-pyrrole nitrogens is 1. The van der Waals surface area contributed by atoms with E-state index in [2.05, 4.69) is 31.0 Å². The van der Waals surface area contributed by atoms with Crippen LogP contribution in [0.1, 0.15) is 37.7 Å². The molecule has 2 amide bonds. The van der Waals surface area contributed by atoms with Gasteiger partial charge in [-0.2, -0.15) is 9.73 Å². The Bertz CT molecular complexity index is 1980. The molecule has 0 aliphatic rings. The number of fused-ring (bicyclic) bond motifs is 2. The van der Waals surface area contributed by atoms with E-state index in [1.54, 1.807) is 9.26 Å². The topological polar surface area (TPSA) is 147 Å². The van der Waals surface area contributed by atoms with Crippen LogP contribution in [0.5, 0.6) is 0 Å². The summed E-state index contributed by atoms with van der Waals surface area (Å²) in [5, 5.41) is 23.6. The fraction of sp³-hybridized carbons (Fsp3) is 0.179. The smallest absolute Gasteiger partial charge is 0.221 e. The molecule has 4 heterocycles. The highest BCUT2D eigenvalue weighted by Crippen LogP contribution is 2.26. The van der Waals surface area contributed by atoms with Gasteiger partial charge in [0.05, 0.1) is 5.69 Å². The number of hydrogen-bond donors (Lipinski definition) is 3. The van der Waals surface area contributed by atoms with Crippen LogP contribution in [0.15, 0.2) is 48.5 Å². The van der Waals surface area contributed by atoms with Gasteiger partial charge in [-0.15, -0.1) is 14.8 Å². The van der Waals surface area contributed by atoms with Crippen molar-refractivity contribution in [2.75, 3.05) is 10.6 Å². The van der Waals surface area contributed by atoms with Gasteiger partial charge >= 0.3 is 0 Å². The van der Waals surface area contributed by atoms with E-state index < -0.39 is 0 Å². The van der Waals surface area contributed by atoms with E-state index in [0.717, 1.165) is 38.9 Å². The molecule has 6 rings (SSSR count). The summed E-state index contributed by atoms with van der Waals surface area (Å²) in [7, 11) is 0. The van der Waals surface area contributed by atoms with E-state index in [9.17, 15) is 9.59 Å². The van der Waals surface area contributed by atoms with Crippen molar-refractivity contribution in [1.82, 2.24) is 39.6 Å². The number of rotatable bonds is 5. The predicted octanol–water partition coefficient (Wildman–Crippen LogP) is 3.30. The summed E-state index contributed by atoms with van der Waals surface area (Å²) < 4.78 is 3.22. The van der Waals surface area contributed by atoms with Gasteiger partial charge in [-0.25, -0.2) is 9.97 Å². The number of aromatic amines is 1. The fourth-order valence-electron chi connectivity index (χ4n) is 4.89. The van der Waals surface area contributed by atoms with E-state index in [4.69, 9.17) is 9.97 Å². The SMILES string of the molecule is CC(=O)Nc1ccc(-c2nc3c(=C(C)c4c(C)[nH]n5nc(-c6ccc(NC(C)=O)cc6)nc45)c(C)nn3n2)cc1. The van der Waals surface area contributed by atoms with E-state index in [1.807, 2.05) is 69.3 Å². The lowest BCUT2D eigenvalue weighted by Gasteiger charge is -2.02. The Labute approximate surface area is 228 Å². The minimum Gasteiger partial charge on any atom is -0.326 e. The number of hydrogen-bond acceptors (Lipinski definition) is 7. The largest absolute Gasteiger partial charge is 0.326 e. The maximum atomic E-state index is 11.3. The molecule has 0 fully saturated rings. The van der Waals surface area contributed by atoms with Gasteiger partial charge < -0.3 is 10.6 Å². The van der Waals surface area contributed by atoms with Crippen molar-refractivity contribution in [3.63, 3.8) is 0 Å². The van der Waals surface area contributed by atoms with Crippen LogP contribution < -0.4 is 15.9 Å². The molecule has 4 aromatic heterocycles. The van der Waals surface area contributed by atoms with Crippen LogP contribution in [0.2, 0.25) is 0 Å². The van der Waals surface area contributed by atoms with Crippen LogP contribution in [-0.2, 0) is 9.59 Å². The second kappa shape index (κ2) is 9.42. The van der Waals surface area contributed by atoms with Crippen molar-refractivity contribution < 1.29 is 9.59 Å². The molecule has 0 saturated heterocycles. The van der Waals surface area contributed by atoms with Crippen molar-refractivity contribution in [3.05, 3.63) is 70.7 Å². The van der Waals surface area contributed by atoms with Crippen LogP contribution in [0.4, 0.5) is 11.4 Å². The zero-order chi connectivity index (χ0) is 28.1. The van der Waals surface area contributed by atoms with Crippen LogP contribution in [-0.4, -0.2) is 51.4 Å². The van der Waals surface area contributed by atoms with Crippen molar-refractivity contribution in [2.24, 2.45) is 0 Å². The number of amides is 2. The van der Waals surface area contributed by atoms with Gasteiger partial charge in [0.15, 0.2) is 22.9 Å². The molecule has 0 bridgehead atoms. The van der Waals surface area contributed by atoms with Crippen LogP contribution in [0.3, 0.4) is 0 Å². The number of nitrogens with one attached hydrogen (secondary N) is 3. The first-order chi connectivity index (χ1) is 19.2. The van der Waals surface area contributed by atoms with Crippen LogP contribution >= 0.6 is 0 Å². The van der Waals surface area contributed by atoms with Crippen molar-refractivity contribution in [1.29, 1.82) is 0 Å². The molecular formula is C28H26N10O2. The second-order valence-corrected chi connectivity index (χ2v) is 9.63. The third-order valence-electron chi connectivity index (χ3n) is 6.58. The monoisotopic (exact) mass is 534 g/mol. The molecule has 12 nitrogen and oxygen atoms in total. The number of carbonyl (C=O) groups is 2. The highest BCUT2D eigenvalue weighted by atomic mass is 16.2. The van der Waals surface area contributed by atoms with Gasteiger partial charge in [-0.05, 0) is 74.9 Å². The lowest BCUT2D eigenvalue weighted by atomic mass is 10.1. The molecule has 12 heteroatoms. The number of aromatic nitrogens is 8. The highest BCUT2D eigenvalue weighted by Gasteiger charge is 2.20. The molecule has 0 atom stereocenters. The molecule has 3 N–H and O–H groups in total. The van der Waals surface area contributed by atoms with E-state index in [1.165, 1.54) is 13.8 Å². The lowest BCUT2D eigenvalue weighted by molar-refractivity contribution is -0.115. The third kappa shape index (κ3) is 4.34. The maximum absolute atomic E-state index is 11.3. The zero-order valence-electron chi connectivity index (χ0n) is 22.6. The van der Waals surface area contributed by atoms with Gasteiger partial charge in [0.1, 0.15) is 0 Å². The number of carbonyl (C=O) groups excluding carboxylic acids is 2. The number of anilines is 2. The van der Waals surface area contributed by atoms with Crippen molar-refractivity contribution >= 4 is 40.1 Å². The molecule has 40 heavy (non-hydrogen) atoms. The summed E-state index contributed by atoms with van der Waals surface area (Å²) in [5.74, 6) is 0.841. The van der Waals surface area contributed by atoms with Gasteiger partial charge in [0, 0.05) is 52.8 Å².